The Labute approximate surface area is 152 Å². The normalized spacial score (nSPS) is 29.7. The topological polar surface area (TPSA) is 58.6 Å². The Morgan fingerprint density at radius 2 is 2.27 bits per heavy atom. The maximum Gasteiger partial charge on any atom is 0.226 e. The second kappa shape index (κ2) is 6.56. The SMILES string of the molecule is CCC(=O)N[C@H]1CCCN(C(=O)[C@H]2C[C@@]23CCOc2ccc(F)cc23)C1. The van der Waals surface area contributed by atoms with Crippen LogP contribution in [0, 0.1) is 11.7 Å². The molecule has 0 radical (unpaired) electrons. The van der Waals surface area contributed by atoms with Gasteiger partial charge < -0.3 is 15.0 Å². The van der Waals surface area contributed by atoms with Crippen LogP contribution in [-0.2, 0) is 15.0 Å². The summed E-state index contributed by atoms with van der Waals surface area (Å²) >= 11 is 0. The molecule has 3 aliphatic rings. The van der Waals surface area contributed by atoms with Crippen molar-refractivity contribution in [2.24, 2.45) is 5.92 Å². The number of piperidine rings is 1. The van der Waals surface area contributed by atoms with E-state index in [0.29, 0.717) is 25.3 Å². The van der Waals surface area contributed by atoms with Crippen LogP contribution in [0.4, 0.5) is 4.39 Å². The van der Waals surface area contributed by atoms with Crippen LogP contribution in [-0.4, -0.2) is 42.5 Å². The summed E-state index contributed by atoms with van der Waals surface area (Å²) < 4.78 is 19.4. The number of halogens is 1. The van der Waals surface area contributed by atoms with Gasteiger partial charge >= 0.3 is 0 Å². The maximum absolute atomic E-state index is 13.8. The van der Waals surface area contributed by atoms with E-state index in [2.05, 4.69) is 5.32 Å². The minimum absolute atomic E-state index is 0.0287. The minimum Gasteiger partial charge on any atom is -0.493 e. The second-order valence-electron chi connectivity index (χ2n) is 7.70. The molecule has 140 valence electrons. The average molecular weight is 360 g/mol. The van der Waals surface area contributed by atoms with Crippen molar-refractivity contribution in [1.29, 1.82) is 0 Å². The van der Waals surface area contributed by atoms with Crippen molar-refractivity contribution in [3.8, 4) is 5.75 Å². The molecule has 0 aromatic heterocycles. The standard InChI is InChI=1S/C20H25FN2O3/c1-2-18(24)22-14-4-3-8-23(12-14)19(25)16-11-20(16)7-9-26-17-6-5-13(21)10-15(17)20/h5-6,10,14,16H,2-4,7-9,11-12H2,1H3,(H,22,24)/t14-,16+,20+/m0/s1. The van der Waals surface area contributed by atoms with Crippen molar-refractivity contribution >= 4 is 11.8 Å². The van der Waals surface area contributed by atoms with Gasteiger partial charge in [-0.1, -0.05) is 6.92 Å². The Hall–Kier alpha value is -2.11. The first-order valence-corrected chi connectivity index (χ1v) is 9.54. The predicted molar refractivity (Wildman–Crippen MR) is 94.3 cm³/mol. The summed E-state index contributed by atoms with van der Waals surface area (Å²) in [5, 5.41) is 3.00. The van der Waals surface area contributed by atoms with Gasteiger partial charge in [0.1, 0.15) is 11.6 Å². The highest BCUT2D eigenvalue weighted by molar-refractivity contribution is 5.85. The van der Waals surface area contributed by atoms with Crippen molar-refractivity contribution in [2.75, 3.05) is 19.7 Å². The molecule has 1 aromatic rings. The second-order valence-corrected chi connectivity index (χ2v) is 7.70. The van der Waals surface area contributed by atoms with E-state index in [1.807, 2.05) is 11.8 Å². The lowest BCUT2D eigenvalue weighted by atomic mass is 9.87. The summed E-state index contributed by atoms with van der Waals surface area (Å²) in [5.74, 6) is 0.484. The number of hydrogen-bond acceptors (Lipinski definition) is 3. The van der Waals surface area contributed by atoms with Crippen molar-refractivity contribution in [3.05, 3.63) is 29.6 Å². The Morgan fingerprint density at radius 3 is 3.08 bits per heavy atom. The van der Waals surface area contributed by atoms with Gasteiger partial charge in [-0.05, 0) is 43.9 Å². The number of hydrogen-bond donors (Lipinski definition) is 1. The first-order valence-electron chi connectivity index (χ1n) is 9.54. The molecule has 1 saturated heterocycles. The van der Waals surface area contributed by atoms with E-state index in [9.17, 15) is 14.0 Å². The Balaban J connectivity index is 1.48. The molecular weight excluding hydrogens is 335 g/mol. The molecule has 2 heterocycles. The van der Waals surface area contributed by atoms with Crippen LogP contribution < -0.4 is 10.1 Å². The van der Waals surface area contributed by atoms with Crippen LogP contribution in [0.5, 0.6) is 5.75 Å². The zero-order valence-corrected chi connectivity index (χ0v) is 15.1. The van der Waals surface area contributed by atoms with Gasteiger partial charge in [-0.25, -0.2) is 4.39 Å². The zero-order chi connectivity index (χ0) is 18.3. The molecule has 1 aromatic carbocycles. The molecule has 0 unspecified atom stereocenters. The van der Waals surface area contributed by atoms with Crippen LogP contribution in [0.15, 0.2) is 18.2 Å². The van der Waals surface area contributed by atoms with E-state index in [0.717, 1.165) is 37.8 Å². The number of amides is 2. The van der Waals surface area contributed by atoms with Gasteiger partial charge in [0.15, 0.2) is 0 Å². The van der Waals surface area contributed by atoms with Gasteiger partial charge in [-0.2, -0.15) is 0 Å². The molecule has 1 spiro atoms. The van der Waals surface area contributed by atoms with Gasteiger partial charge in [-0.3, -0.25) is 9.59 Å². The minimum atomic E-state index is -0.285. The summed E-state index contributed by atoms with van der Waals surface area (Å²) in [6, 6.07) is 4.64. The molecule has 2 amide bonds. The summed E-state index contributed by atoms with van der Waals surface area (Å²) in [4.78, 5) is 26.6. The van der Waals surface area contributed by atoms with Crippen molar-refractivity contribution in [3.63, 3.8) is 0 Å². The fraction of sp³-hybridized carbons (Fsp3) is 0.600. The largest absolute Gasteiger partial charge is 0.493 e. The number of nitrogens with one attached hydrogen (secondary N) is 1. The number of fused-ring (bicyclic) bond motifs is 2. The van der Waals surface area contributed by atoms with Crippen LogP contribution in [0.25, 0.3) is 0 Å². The number of rotatable bonds is 3. The lowest BCUT2D eigenvalue weighted by Crippen LogP contribution is -2.50. The van der Waals surface area contributed by atoms with Crippen molar-refractivity contribution in [2.45, 2.75) is 50.5 Å². The smallest absolute Gasteiger partial charge is 0.226 e. The summed E-state index contributed by atoms with van der Waals surface area (Å²) in [6.45, 7) is 3.70. The highest BCUT2D eigenvalue weighted by Crippen LogP contribution is 2.61. The summed E-state index contributed by atoms with van der Waals surface area (Å²) in [5.41, 5.74) is 0.571. The van der Waals surface area contributed by atoms with Gasteiger partial charge in [0.25, 0.3) is 0 Å². The van der Waals surface area contributed by atoms with Crippen LogP contribution in [0.1, 0.15) is 44.6 Å². The molecule has 6 heteroatoms. The molecule has 4 rings (SSSR count). The van der Waals surface area contributed by atoms with E-state index in [4.69, 9.17) is 4.74 Å². The van der Waals surface area contributed by atoms with E-state index >= 15 is 0 Å². The maximum atomic E-state index is 13.8. The fourth-order valence-electron chi connectivity index (χ4n) is 4.54. The molecule has 2 fully saturated rings. The van der Waals surface area contributed by atoms with Crippen LogP contribution in [0.3, 0.4) is 0 Å². The summed E-state index contributed by atoms with van der Waals surface area (Å²) in [6.07, 6.45) is 3.78. The zero-order valence-electron chi connectivity index (χ0n) is 15.1. The van der Waals surface area contributed by atoms with E-state index < -0.39 is 0 Å². The number of carbonyl (C=O) groups excluding carboxylic acids is 2. The molecule has 1 N–H and O–H groups in total. The van der Waals surface area contributed by atoms with Gasteiger partial charge in [0, 0.05) is 42.4 Å². The molecule has 5 nitrogen and oxygen atoms in total. The van der Waals surface area contributed by atoms with Gasteiger partial charge in [-0.15, -0.1) is 0 Å². The number of likely N-dealkylation sites (tertiary alicyclic amines) is 1. The molecule has 1 saturated carbocycles. The van der Waals surface area contributed by atoms with E-state index in [1.54, 1.807) is 6.07 Å². The third-order valence-corrected chi connectivity index (χ3v) is 6.08. The van der Waals surface area contributed by atoms with Crippen LogP contribution >= 0.6 is 0 Å². The number of ether oxygens (including phenoxy) is 1. The van der Waals surface area contributed by atoms with Crippen molar-refractivity contribution < 1.29 is 18.7 Å². The lowest BCUT2D eigenvalue weighted by molar-refractivity contribution is -0.135. The van der Waals surface area contributed by atoms with Gasteiger partial charge in [0.05, 0.1) is 6.61 Å². The molecular formula is C20H25FN2O3. The number of benzene rings is 1. The fourth-order valence-corrected chi connectivity index (χ4v) is 4.54. The molecule has 1 aliphatic carbocycles. The lowest BCUT2D eigenvalue weighted by Gasteiger charge is -2.34. The Kier molecular flexibility index (Phi) is 4.37. The Bertz CT molecular complexity index is 738. The van der Waals surface area contributed by atoms with E-state index in [-0.39, 0.29) is 35.0 Å². The monoisotopic (exact) mass is 360 g/mol. The number of carbonyl (C=O) groups is 2. The quantitative estimate of drug-likeness (QED) is 0.900. The Morgan fingerprint density at radius 1 is 1.42 bits per heavy atom. The predicted octanol–water partition coefficient (Wildman–Crippen LogP) is 2.38. The molecule has 3 atom stereocenters. The first kappa shape index (κ1) is 17.3. The third kappa shape index (κ3) is 2.95. The van der Waals surface area contributed by atoms with Crippen molar-refractivity contribution in [1.82, 2.24) is 10.2 Å². The average Bonchev–Trinajstić information content (AvgIpc) is 3.36. The first-order chi connectivity index (χ1) is 12.5. The van der Waals surface area contributed by atoms with E-state index in [1.165, 1.54) is 12.1 Å². The highest BCUT2D eigenvalue weighted by atomic mass is 19.1. The number of nitrogens with zero attached hydrogens (tertiary/aromatic N) is 1. The highest BCUT2D eigenvalue weighted by Gasteiger charge is 2.62. The van der Waals surface area contributed by atoms with Gasteiger partial charge in [0.2, 0.25) is 11.8 Å². The third-order valence-electron chi connectivity index (χ3n) is 6.08. The molecule has 0 bridgehead atoms. The molecule has 26 heavy (non-hydrogen) atoms. The van der Waals surface area contributed by atoms with Crippen LogP contribution in [0.2, 0.25) is 0 Å². The summed E-state index contributed by atoms with van der Waals surface area (Å²) in [7, 11) is 0. The molecule has 2 aliphatic heterocycles.